The molecule has 1 aliphatic rings. The SMILES string of the molecule is N#Cc1ccc(C(=O)NC2(C(F)(F)F)CC2)cc1. The summed E-state index contributed by atoms with van der Waals surface area (Å²) >= 11 is 0. The Bertz CT molecular complexity index is 510. The lowest BCUT2D eigenvalue weighted by molar-refractivity contribution is -0.163. The van der Waals surface area contributed by atoms with Crippen LogP contribution >= 0.6 is 0 Å². The third-order valence-corrected chi connectivity index (χ3v) is 2.92. The van der Waals surface area contributed by atoms with Gasteiger partial charge in [-0.1, -0.05) is 0 Å². The van der Waals surface area contributed by atoms with Crippen LogP contribution in [0.3, 0.4) is 0 Å². The summed E-state index contributed by atoms with van der Waals surface area (Å²) in [5.74, 6) is -0.769. The highest BCUT2D eigenvalue weighted by Crippen LogP contribution is 2.49. The topological polar surface area (TPSA) is 52.9 Å². The molecule has 1 aromatic carbocycles. The molecule has 0 aliphatic heterocycles. The lowest BCUT2D eigenvalue weighted by Gasteiger charge is -2.20. The van der Waals surface area contributed by atoms with Crippen molar-refractivity contribution in [2.24, 2.45) is 0 Å². The van der Waals surface area contributed by atoms with E-state index in [0.29, 0.717) is 5.56 Å². The van der Waals surface area contributed by atoms with Crippen molar-refractivity contribution in [1.29, 1.82) is 5.26 Å². The van der Waals surface area contributed by atoms with E-state index in [9.17, 15) is 18.0 Å². The summed E-state index contributed by atoms with van der Waals surface area (Å²) in [4.78, 5) is 11.7. The van der Waals surface area contributed by atoms with Crippen molar-refractivity contribution in [2.45, 2.75) is 24.6 Å². The standard InChI is InChI=1S/C12H9F3N2O/c13-12(14,15)11(5-6-11)17-10(18)9-3-1-8(7-16)2-4-9/h1-4H,5-6H2,(H,17,18). The Labute approximate surface area is 101 Å². The highest BCUT2D eigenvalue weighted by Gasteiger charge is 2.64. The molecule has 1 N–H and O–H groups in total. The van der Waals surface area contributed by atoms with Crippen molar-refractivity contribution in [2.75, 3.05) is 0 Å². The number of nitrogens with one attached hydrogen (secondary N) is 1. The molecule has 0 aromatic heterocycles. The van der Waals surface area contributed by atoms with Gasteiger partial charge in [0.2, 0.25) is 0 Å². The van der Waals surface area contributed by atoms with E-state index in [-0.39, 0.29) is 18.4 Å². The van der Waals surface area contributed by atoms with Gasteiger partial charge in [0, 0.05) is 5.56 Å². The molecule has 3 nitrogen and oxygen atoms in total. The summed E-state index contributed by atoms with van der Waals surface area (Å²) in [5.41, 5.74) is -1.59. The zero-order chi connectivity index (χ0) is 13.4. The van der Waals surface area contributed by atoms with E-state index in [1.165, 1.54) is 24.3 Å². The molecular formula is C12H9F3N2O. The van der Waals surface area contributed by atoms with Gasteiger partial charge >= 0.3 is 6.18 Å². The molecule has 0 spiro atoms. The third kappa shape index (κ3) is 2.16. The average molecular weight is 254 g/mol. The molecule has 1 aromatic rings. The maximum absolute atomic E-state index is 12.6. The number of nitrogens with zero attached hydrogens (tertiary/aromatic N) is 1. The summed E-state index contributed by atoms with van der Waals surface area (Å²) in [5, 5.41) is 10.6. The molecule has 0 atom stereocenters. The minimum absolute atomic E-state index is 0.0848. The fourth-order valence-electron chi connectivity index (χ4n) is 1.59. The van der Waals surface area contributed by atoms with Gasteiger partial charge in [-0.25, -0.2) is 0 Å². The summed E-state index contributed by atoms with van der Waals surface area (Å²) in [6, 6.07) is 7.32. The molecule has 0 heterocycles. The minimum atomic E-state index is -4.42. The Hall–Kier alpha value is -2.03. The fraction of sp³-hybridized carbons (Fsp3) is 0.333. The number of carbonyl (C=O) groups is 1. The van der Waals surface area contributed by atoms with E-state index >= 15 is 0 Å². The number of alkyl halides is 3. The number of rotatable bonds is 2. The maximum atomic E-state index is 12.6. The number of hydrogen-bond acceptors (Lipinski definition) is 2. The molecule has 1 fully saturated rings. The van der Waals surface area contributed by atoms with Gasteiger partial charge in [-0.2, -0.15) is 18.4 Å². The van der Waals surface area contributed by atoms with Gasteiger partial charge in [0.1, 0.15) is 5.54 Å². The average Bonchev–Trinajstić information content (AvgIpc) is 3.09. The molecule has 1 aliphatic carbocycles. The first-order valence-corrected chi connectivity index (χ1v) is 5.27. The van der Waals surface area contributed by atoms with Crippen LogP contribution in [0.4, 0.5) is 13.2 Å². The van der Waals surface area contributed by atoms with Crippen LogP contribution in [0, 0.1) is 11.3 Å². The first-order chi connectivity index (χ1) is 8.38. The van der Waals surface area contributed by atoms with Crippen LogP contribution in [0.1, 0.15) is 28.8 Å². The molecule has 0 radical (unpaired) electrons. The Balaban J connectivity index is 2.11. The van der Waals surface area contributed by atoms with Gasteiger partial charge < -0.3 is 5.32 Å². The quantitative estimate of drug-likeness (QED) is 0.880. The van der Waals surface area contributed by atoms with E-state index in [1.807, 2.05) is 11.4 Å². The van der Waals surface area contributed by atoms with E-state index in [2.05, 4.69) is 0 Å². The molecule has 18 heavy (non-hydrogen) atoms. The second-order valence-corrected chi connectivity index (χ2v) is 4.22. The second kappa shape index (κ2) is 4.02. The smallest absolute Gasteiger partial charge is 0.338 e. The van der Waals surface area contributed by atoms with Crippen molar-refractivity contribution in [3.05, 3.63) is 35.4 Å². The van der Waals surface area contributed by atoms with E-state index in [4.69, 9.17) is 5.26 Å². The lowest BCUT2D eigenvalue weighted by Crippen LogP contribution is -2.47. The molecule has 1 saturated carbocycles. The molecule has 1 amide bonds. The summed E-state index contributed by atoms with van der Waals surface area (Å²) in [6.07, 6.45) is -4.59. The number of benzene rings is 1. The number of halogens is 3. The lowest BCUT2D eigenvalue weighted by atomic mass is 10.1. The Kier molecular flexibility index (Phi) is 2.77. The molecule has 6 heteroatoms. The van der Waals surface area contributed by atoms with Crippen LogP contribution in [-0.4, -0.2) is 17.6 Å². The van der Waals surface area contributed by atoms with Crippen molar-refractivity contribution >= 4 is 5.91 Å². The van der Waals surface area contributed by atoms with Gasteiger partial charge in [0.05, 0.1) is 11.6 Å². The predicted molar refractivity (Wildman–Crippen MR) is 56.6 cm³/mol. The number of nitriles is 1. The summed E-state index contributed by atoms with van der Waals surface area (Å²) < 4.78 is 37.9. The van der Waals surface area contributed by atoms with Crippen molar-refractivity contribution < 1.29 is 18.0 Å². The molecule has 0 saturated heterocycles. The van der Waals surface area contributed by atoms with Gasteiger partial charge in [0.25, 0.3) is 5.91 Å². The number of carbonyl (C=O) groups excluding carboxylic acids is 1. The zero-order valence-electron chi connectivity index (χ0n) is 9.21. The molecule has 0 unspecified atom stereocenters. The maximum Gasteiger partial charge on any atom is 0.411 e. The summed E-state index contributed by atoms with van der Waals surface area (Å²) in [7, 11) is 0. The van der Waals surface area contributed by atoms with Crippen molar-refractivity contribution in [3.8, 4) is 6.07 Å². The van der Waals surface area contributed by atoms with Crippen LogP contribution in [0.15, 0.2) is 24.3 Å². The first kappa shape index (κ1) is 12.4. The number of hydrogen-bond donors (Lipinski definition) is 1. The van der Waals surface area contributed by atoms with Gasteiger partial charge in [-0.15, -0.1) is 0 Å². The highest BCUT2D eigenvalue weighted by atomic mass is 19.4. The largest absolute Gasteiger partial charge is 0.411 e. The minimum Gasteiger partial charge on any atom is -0.338 e. The predicted octanol–water partition coefficient (Wildman–Crippen LogP) is 2.38. The number of amides is 1. The third-order valence-electron chi connectivity index (χ3n) is 2.92. The van der Waals surface area contributed by atoms with Gasteiger partial charge in [-0.05, 0) is 37.1 Å². The summed E-state index contributed by atoms with van der Waals surface area (Å²) in [6.45, 7) is 0. The second-order valence-electron chi connectivity index (χ2n) is 4.22. The first-order valence-electron chi connectivity index (χ1n) is 5.27. The highest BCUT2D eigenvalue weighted by molar-refractivity contribution is 5.95. The Morgan fingerprint density at radius 1 is 1.28 bits per heavy atom. The van der Waals surface area contributed by atoms with Crippen LogP contribution in [0.25, 0.3) is 0 Å². The zero-order valence-corrected chi connectivity index (χ0v) is 9.21. The molecule has 0 bridgehead atoms. The van der Waals surface area contributed by atoms with Crippen LogP contribution in [0.5, 0.6) is 0 Å². The molecule has 2 rings (SSSR count). The molecular weight excluding hydrogens is 245 g/mol. The van der Waals surface area contributed by atoms with E-state index in [1.54, 1.807) is 0 Å². The van der Waals surface area contributed by atoms with Gasteiger partial charge in [0.15, 0.2) is 0 Å². The van der Waals surface area contributed by atoms with Crippen LogP contribution in [-0.2, 0) is 0 Å². The monoisotopic (exact) mass is 254 g/mol. The van der Waals surface area contributed by atoms with Crippen molar-refractivity contribution in [3.63, 3.8) is 0 Å². The molecule has 94 valence electrons. The fourth-order valence-corrected chi connectivity index (χ4v) is 1.59. The van der Waals surface area contributed by atoms with Gasteiger partial charge in [-0.3, -0.25) is 4.79 Å². The van der Waals surface area contributed by atoms with Crippen LogP contribution < -0.4 is 5.32 Å². The van der Waals surface area contributed by atoms with Crippen molar-refractivity contribution in [1.82, 2.24) is 5.32 Å². The Morgan fingerprint density at radius 2 is 1.83 bits per heavy atom. The Morgan fingerprint density at radius 3 is 2.22 bits per heavy atom. The van der Waals surface area contributed by atoms with E-state index < -0.39 is 17.6 Å². The normalized spacial score (nSPS) is 16.8. The van der Waals surface area contributed by atoms with E-state index in [0.717, 1.165) is 0 Å². The van der Waals surface area contributed by atoms with Crippen LogP contribution in [0.2, 0.25) is 0 Å².